The summed E-state index contributed by atoms with van der Waals surface area (Å²) < 4.78 is 0. The first-order chi connectivity index (χ1) is 7.83. The molecule has 0 unspecified atom stereocenters. The van der Waals surface area contributed by atoms with Gasteiger partial charge in [-0.05, 0) is 31.0 Å². The summed E-state index contributed by atoms with van der Waals surface area (Å²) in [4.78, 5) is 11.4. The maximum atomic E-state index is 11.4. The zero-order chi connectivity index (χ0) is 11.6. The van der Waals surface area contributed by atoms with Crippen molar-refractivity contribution in [3.05, 3.63) is 42.0 Å². The van der Waals surface area contributed by atoms with Crippen molar-refractivity contribution in [1.82, 2.24) is 5.32 Å². The smallest absolute Gasteiger partial charge is 0.243 e. The molecule has 0 atom stereocenters. The van der Waals surface area contributed by atoms with Gasteiger partial charge < -0.3 is 11.1 Å². The van der Waals surface area contributed by atoms with Gasteiger partial charge in [0.15, 0.2) is 0 Å². The number of nitrogens with one attached hydrogen (secondary N) is 1. The van der Waals surface area contributed by atoms with Crippen LogP contribution in [0.25, 0.3) is 6.08 Å². The summed E-state index contributed by atoms with van der Waals surface area (Å²) in [5.41, 5.74) is 6.38. The molecule has 3 N–H and O–H groups in total. The van der Waals surface area contributed by atoms with Gasteiger partial charge in [0, 0.05) is 12.6 Å². The van der Waals surface area contributed by atoms with Gasteiger partial charge in [-0.25, -0.2) is 0 Å². The van der Waals surface area contributed by atoms with Crippen LogP contribution in [0.3, 0.4) is 0 Å². The summed E-state index contributed by atoms with van der Waals surface area (Å²) in [5, 5.41) is 2.81. The van der Waals surface area contributed by atoms with Gasteiger partial charge in [0.25, 0.3) is 0 Å². The van der Waals surface area contributed by atoms with Gasteiger partial charge in [-0.1, -0.05) is 30.3 Å². The van der Waals surface area contributed by atoms with Crippen molar-refractivity contribution in [2.75, 3.05) is 13.1 Å². The Bertz CT molecular complexity index is 333. The van der Waals surface area contributed by atoms with E-state index in [9.17, 15) is 4.79 Å². The Balaban J connectivity index is 2.26. The number of carbonyl (C=O) groups is 1. The number of hydrogen-bond donors (Lipinski definition) is 2. The van der Waals surface area contributed by atoms with Crippen LogP contribution in [-0.4, -0.2) is 19.0 Å². The number of benzene rings is 1. The highest BCUT2D eigenvalue weighted by molar-refractivity contribution is 5.91. The lowest BCUT2D eigenvalue weighted by molar-refractivity contribution is -0.116. The van der Waals surface area contributed by atoms with E-state index in [2.05, 4.69) is 5.32 Å². The summed E-state index contributed by atoms with van der Waals surface area (Å²) in [5.74, 6) is -0.0547. The number of amides is 1. The number of unbranched alkanes of at least 4 members (excludes halogenated alkanes) is 1. The molecule has 1 amide bonds. The highest BCUT2D eigenvalue weighted by Crippen LogP contribution is 2.00. The molecule has 0 saturated heterocycles. The third-order valence-corrected chi connectivity index (χ3v) is 2.16. The summed E-state index contributed by atoms with van der Waals surface area (Å²) in [6.45, 7) is 1.37. The molecular weight excluding hydrogens is 200 g/mol. The standard InChI is InChI=1S/C13H18N2O/c14-10-4-5-11-15-13(16)9-8-12-6-2-1-3-7-12/h1-3,6-9H,4-5,10-11,14H2,(H,15,16)/b9-8+. The van der Waals surface area contributed by atoms with Gasteiger partial charge in [-0.3, -0.25) is 4.79 Å². The van der Waals surface area contributed by atoms with Crippen LogP contribution in [0.4, 0.5) is 0 Å². The van der Waals surface area contributed by atoms with Gasteiger partial charge in [-0.2, -0.15) is 0 Å². The number of carbonyl (C=O) groups excluding carboxylic acids is 1. The maximum Gasteiger partial charge on any atom is 0.243 e. The van der Waals surface area contributed by atoms with Crippen LogP contribution in [0.15, 0.2) is 36.4 Å². The summed E-state index contributed by atoms with van der Waals surface area (Å²) in [7, 11) is 0. The van der Waals surface area contributed by atoms with Crippen LogP contribution in [0.1, 0.15) is 18.4 Å². The Hall–Kier alpha value is -1.61. The zero-order valence-electron chi connectivity index (χ0n) is 9.36. The molecule has 0 aliphatic heterocycles. The quantitative estimate of drug-likeness (QED) is 0.562. The van der Waals surface area contributed by atoms with E-state index in [1.807, 2.05) is 30.3 Å². The molecule has 0 spiro atoms. The number of hydrogen-bond acceptors (Lipinski definition) is 2. The van der Waals surface area contributed by atoms with Crippen LogP contribution in [0.2, 0.25) is 0 Å². The fraction of sp³-hybridized carbons (Fsp3) is 0.308. The van der Waals surface area contributed by atoms with Gasteiger partial charge in [0.1, 0.15) is 0 Å². The fourth-order valence-corrected chi connectivity index (χ4v) is 1.28. The minimum Gasteiger partial charge on any atom is -0.353 e. The first-order valence-corrected chi connectivity index (χ1v) is 5.54. The Labute approximate surface area is 96.3 Å². The second kappa shape index (κ2) is 7.65. The van der Waals surface area contributed by atoms with Crippen molar-refractivity contribution in [2.45, 2.75) is 12.8 Å². The van der Waals surface area contributed by atoms with E-state index < -0.39 is 0 Å². The molecule has 3 nitrogen and oxygen atoms in total. The predicted octanol–water partition coefficient (Wildman–Crippen LogP) is 1.55. The second-order valence-corrected chi connectivity index (χ2v) is 3.53. The molecule has 0 radical (unpaired) electrons. The van der Waals surface area contributed by atoms with Crippen molar-refractivity contribution in [3.8, 4) is 0 Å². The van der Waals surface area contributed by atoms with Crippen molar-refractivity contribution in [2.24, 2.45) is 5.73 Å². The summed E-state index contributed by atoms with van der Waals surface area (Å²) in [6.07, 6.45) is 5.24. The molecule has 0 fully saturated rings. The molecule has 1 aromatic carbocycles. The molecule has 0 aliphatic rings. The highest BCUT2D eigenvalue weighted by Gasteiger charge is 1.93. The third kappa shape index (κ3) is 5.32. The van der Waals surface area contributed by atoms with Gasteiger partial charge in [0.2, 0.25) is 5.91 Å². The zero-order valence-corrected chi connectivity index (χ0v) is 9.36. The predicted molar refractivity (Wildman–Crippen MR) is 66.8 cm³/mol. The Morgan fingerprint density at radius 1 is 1.25 bits per heavy atom. The molecule has 16 heavy (non-hydrogen) atoms. The van der Waals surface area contributed by atoms with Crippen molar-refractivity contribution in [1.29, 1.82) is 0 Å². The Morgan fingerprint density at radius 3 is 2.69 bits per heavy atom. The van der Waals surface area contributed by atoms with Crippen LogP contribution < -0.4 is 11.1 Å². The normalized spacial score (nSPS) is 10.6. The molecule has 0 bridgehead atoms. The molecule has 0 heterocycles. The minimum absolute atomic E-state index is 0.0547. The average molecular weight is 218 g/mol. The third-order valence-electron chi connectivity index (χ3n) is 2.16. The maximum absolute atomic E-state index is 11.4. The van der Waals surface area contributed by atoms with Crippen molar-refractivity contribution in [3.63, 3.8) is 0 Å². The number of nitrogens with two attached hydrogens (primary N) is 1. The van der Waals surface area contributed by atoms with E-state index in [1.165, 1.54) is 0 Å². The largest absolute Gasteiger partial charge is 0.353 e. The first kappa shape index (κ1) is 12.5. The van der Waals surface area contributed by atoms with Crippen LogP contribution >= 0.6 is 0 Å². The van der Waals surface area contributed by atoms with E-state index in [0.717, 1.165) is 18.4 Å². The monoisotopic (exact) mass is 218 g/mol. The summed E-state index contributed by atoms with van der Waals surface area (Å²) in [6, 6.07) is 9.75. The molecule has 0 aromatic heterocycles. The molecule has 0 aliphatic carbocycles. The van der Waals surface area contributed by atoms with E-state index >= 15 is 0 Å². The SMILES string of the molecule is NCCCCNC(=O)/C=C/c1ccccc1. The highest BCUT2D eigenvalue weighted by atomic mass is 16.1. The van der Waals surface area contributed by atoms with Crippen LogP contribution in [0, 0.1) is 0 Å². The molecule has 3 heteroatoms. The first-order valence-electron chi connectivity index (χ1n) is 5.54. The molecule has 0 saturated carbocycles. The van der Waals surface area contributed by atoms with E-state index in [0.29, 0.717) is 13.1 Å². The molecular formula is C13H18N2O. The Kier molecular flexibility index (Phi) is 5.96. The van der Waals surface area contributed by atoms with E-state index in [4.69, 9.17) is 5.73 Å². The average Bonchev–Trinajstić information content (AvgIpc) is 2.33. The van der Waals surface area contributed by atoms with Crippen LogP contribution in [-0.2, 0) is 4.79 Å². The molecule has 1 rings (SSSR count). The molecule has 86 valence electrons. The lowest BCUT2D eigenvalue weighted by Gasteiger charge is -2.00. The minimum atomic E-state index is -0.0547. The number of rotatable bonds is 6. The van der Waals surface area contributed by atoms with Crippen molar-refractivity contribution >= 4 is 12.0 Å². The molecule has 1 aromatic rings. The van der Waals surface area contributed by atoms with Crippen LogP contribution in [0.5, 0.6) is 0 Å². The van der Waals surface area contributed by atoms with Gasteiger partial charge in [-0.15, -0.1) is 0 Å². The lowest BCUT2D eigenvalue weighted by Crippen LogP contribution is -2.22. The van der Waals surface area contributed by atoms with Gasteiger partial charge in [0.05, 0.1) is 0 Å². The van der Waals surface area contributed by atoms with E-state index in [-0.39, 0.29) is 5.91 Å². The second-order valence-electron chi connectivity index (χ2n) is 3.53. The summed E-state index contributed by atoms with van der Waals surface area (Å²) >= 11 is 0. The van der Waals surface area contributed by atoms with Crippen molar-refractivity contribution < 1.29 is 4.79 Å². The van der Waals surface area contributed by atoms with E-state index in [1.54, 1.807) is 12.2 Å². The van der Waals surface area contributed by atoms with Gasteiger partial charge >= 0.3 is 0 Å². The Morgan fingerprint density at radius 2 is 2.00 bits per heavy atom. The lowest BCUT2D eigenvalue weighted by atomic mass is 10.2. The topological polar surface area (TPSA) is 55.1 Å². The fourth-order valence-electron chi connectivity index (χ4n) is 1.28.